The highest BCUT2D eigenvalue weighted by molar-refractivity contribution is 6.30. The van der Waals surface area contributed by atoms with Crippen LogP contribution in [-0.4, -0.2) is 18.1 Å². The van der Waals surface area contributed by atoms with Crippen molar-refractivity contribution in [2.24, 2.45) is 5.41 Å². The molecule has 21 heavy (non-hydrogen) atoms. The van der Waals surface area contributed by atoms with Crippen LogP contribution < -0.4 is 5.32 Å². The van der Waals surface area contributed by atoms with E-state index in [4.69, 9.17) is 16.3 Å². The summed E-state index contributed by atoms with van der Waals surface area (Å²) in [5.74, 6) is -0.152. The molecule has 1 fully saturated rings. The minimum Gasteiger partial charge on any atom is -0.464 e. The van der Waals surface area contributed by atoms with Gasteiger partial charge >= 0.3 is 5.97 Å². The molecule has 0 atom stereocenters. The number of carbonyl (C=O) groups excluding carboxylic acids is 1. The number of hydrogen-bond acceptors (Lipinski definition) is 3. The number of rotatable bonds is 4. The SMILES string of the molecule is CCOC(=O)C1(Nc2cccc(Cl)c2)CCC(C)(C)CC1. The Hall–Kier alpha value is -1.22. The molecule has 0 heterocycles. The van der Waals surface area contributed by atoms with Crippen LogP contribution in [0.25, 0.3) is 0 Å². The van der Waals surface area contributed by atoms with Crippen LogP contribution in [0.3, 0.4) is 0 Å². The van der Waals surface area contributed by atoms with Crippen molar-refractivity contribution in [3.8, 4) is 0 Å². The smallest absolute Gasteiger partial charge is 0.331 e. The van der Waals surface area contributed by atoms with E-state index >= 15 is 0 Å². The molecule has 1 aliphatic carbocycles. The minimum atomic E-state index is -0.629. The molecule has 4 heteroatoms. The van der Waals surface area contributed by atoms with Crippen molar-refractivity contribution in [2.45, 2.75) is 52.0 Å². The van der Waals surface area contributed by atoms with Crippen molar-refractivity contribution in [3.05, 3.63) is 29.3 Å². The summed E-state index contributed by atoms with van der Waals surface area (Å²) in [6, 6.07) is 7.50. The van der Waals surface area contributed by atoms with E-state index in [0.717, 1.165) is 31.4 Å². The van der Waals surface area contributed by atoms with Gasteiger partial charge in [0.2, 0.25) is 0 Å². The zero-order valence-electron chi connectivity index (χ0n) is 13.0. The first-order chi connectivity index (χ1) is 9.87. The maximum Gasteiger partial charge on any atom is 0.331 e. The van der Waals surface area contributed by atoms with Gasteiger partial charge in [-0.25, -0.2) is 4.79 Å². The predicted octanol–water partition coefficient (Wildman–Crippen LogP) is 4.65. The highest BCUT2D eigenvalue weighted by atomic mass is 35.5. The van der Waals surface area contributed by atoms with Crippen LogP contribution in [0, 0.1) is 5.41 Å². The first-order valence-corrected chi connectivity index (χ1v) is 7.96. The van der Waals surface area contributed by atoms with Gasteiger partial charge in [0.05, 0.1) is 6.61 Å². The Morgan fingerprint density at radius 2 is 1.95 bits per heavy atom. The Labute approximate surface area is 132 Å². The molecule has 0 aliphatic heterocycles. The van der Waals surface area contributed by atoms with Gasteiger partial charge in [0.15, 0.2) is 0 Å². The third-order valence-corrected chi connectivity index (χ3v) is 4.57. The number of nitrogens with one attached hydrogen (secondary N) is 1. The highest BCUT2D eigenvalue weighted by Crippen LogP contribution is 2.42. The second-order valence-corrected chi connectivity index (χ2v) is 7.04. The van der Waals surface area contributed by atoms with Gasteiger partial charge in [-0.05, 0) is 56.2 Å². The van der Waals surface area contributed by atoms with Gasteiger partial charge in [-0.3, -0.25) is 0 Å². The molecular formula is C17H24ClNO2. The lowest BCUT2D eigenvalue weighted by atomic mass is 9.69. The van der Waals surface area contributed by atoms with Crippen LogP contribution >= 0.6 is 11.6 Å². The van der Waals surface area contributed by atoms with Crippen LogP contribution in [0.15, 0.2) is 24.3 Å². The molecule has 0 aromatic heterocycles. The van der Waals surface area contributed by atoms with E-state index < -0.39 is 5.54 Å². The van der Waals surface area contributed by atoms with Crippen LogP contribution in [0.1, 0.15) is 46.5 Å². The Morgan fingerprint density at radius 3 is 2.52 bits per heavy atom. The fourth-order valence-electron chi connectivity index (χ4n) is 2.85. The molecule has 0 amide bonds. The fourth-order valence-corrected chi connectivity index (χ4v) is 3.04. The summed E-state index contributed by atoms with van der Waals surface area (Å²) in [4.78, 5) is 12.5. The van der Waals surface area contributed by atoms with E-state index in [1.807, 2.05) is 31.2 Å². The average Bonchev–Trinajstić information content (AvgIpc) is 2.42. The number of hydrogen-bond donors (Lipinski definition) is 1. The van der Waals surface area contributed by atoms with E-state index in [1.165, 1.54) is 0 Å². The monoisotopic (exact) mass is 309 g/mol. The van der Waals surface area contributed by atoms with Gasteiger partial charge in [0.25, 0.3) is 0 Å². The van der Waals surface area contributed by atoms with Crippen molar-refractivity contribution < 1.29 is 9.53 Å². The second kappa shape index (κ2) is 6.27. The van der Waals surface area contributed by atoms with Gasteiger partial charge in [-0.1, -0.05) is 31.5 Å². The summed E-state index contributed by atoms with van der Waals surface area (Å²) in [6.45, 7) is 6.75. The molecule has 3 nitrogen and oxygen atoms in total. The summed E-state index contributed by atoms with van der Waals surface area (Å²) in [7, 11) is 0. The number of esters is 1. The van der Waals surface area contributed by atoms with E-state index in [0.29, 0.717) is 11.6 Å². The average molecular weight is 310 g/mol. The van der Waals surface area contributed by atoms with Gasteiger partial charge < -0.3 is 10.1 Å². The minimum absolute atomic E-state index is 0.152. The Kier molecular flexibility index (Phi) is 4.82. The summed E-state index contributed by atoms with van der Waals surface area (Å²) < 4.78 is 5.32. The van der Waals surface area contributed by atoms with Crippen LogP contribution in [0.2, 0.25) is 5.02 Å². The highest BCUT2D eigenvalue weighted by Gasteiger charge is 2.45. The Bertz CT molecular complexity index is 503. The molecule has 1 aromatic rings. The summed E-state index contributed by atoms with van der Waals surface area (Å²) in [6.07, 6.45) is 3.56. The molecule has 1 N–H and O–H groups in total. The van der Waals surface area contributed by atoms with Crippen molar-refractivity contribution in [2.75, 3.05) is 11.9 Å². The van der Waals surface area contributed by atoms with Gasteiger partial charge in [0.1, 0.15) is 5.54 Å². The molecular weight excluding hydrogens is 286 g/mol. The van der Waals surface area contributed by atoms with Crippen molar-refractivity contribution in [1.82, 2.24) is 0 Å². The van der Waals surface area contributed by atoms with Crippen LogP contribution in [0.4, 0.5) is 5.69 Å². The van der Waals surface area contributed by atoms with Gasteiger partial charge in [-0.15, -0.1) is 0 Å². The third kappa shape index (κ3) is 3.91. The number of halogens is 1. The maximum absolute atomic E-state index is 12.5. The molecule has 1 aliphatic rings. The summed E-state index contributed by atoms with van der Waals surface area (Å²) >= 11 is 6.04. The molecule has 0 spiro atoms. The quantitative estimate of drug-likeness (QED) is 0.822. The molecule has 0 radical (unpaired) electrons. The Balaban J connectivity index is 2.22. The number of benzene rings is 1. The lowest BCUT2D eigenvalue weighted by molar-refractivity contribution is -0.150. The third-order valence-electron chi connectivity index (χ3n) is 4.33. The second-order valence-electron chi connectivity index (χ2n) is 6.60. The molecule has 116 valence electrons. The first kappa shape index (κ1) is 16.2. The fraction of sp³-hybridized carbons (Fsp3) is 0.588. The zero-order chi connectivity index (χ0) is 15.5. The normalized spacial score (nSPS) is 19.8. The summed E-state index contributed by atoms with van der Waals surface area (Å²) in [5, 5.41) is 4.06. The molecule has 0 bridgehead atoms. The van der Waals surface area contributed by atoms with Crippen molar-refractivity contribution in [1.29, 1.82) is 0 Å². The predicted molar refractivity (Wildman–Crippen MR) is 86.7 cm³/mol. The molecule has 0 unspecified atom stereocenters. The molecule has 1 aromatic carbocycles. The van der Waals surface area contributed by atoms with Crippen LogP contribution in [0.5, 0.6) is 0 Å². The molecule has 2 rings (SSSR count). The van der Waals surface area contributed by atoms with Crippen molar-refractivity contribution in [3.63, 3.8) is 0 Å². The lowest BCUT2D eigenvalue weighted by Gasteiger charge is -2.42. The first-order valence-electron chi connectivity index (χ1n) is 7.58. The number of carbonyl (C=O) groups is 1. The molecule has 1 saturated carbocycles. The Morgan fingerprint density at radius 1 is 1.29 bits per heavy atom. The van der Waals surface area contributed by atoms with E-state index in [9.17, 15) is 4.79 Å². The number of ether oxygens (including phenoxy) is 1. The van der Waals surface area contributed by atoms with Gasteiger partial charge in [0, 0.05) is 10.7 Å². The largest absolute Gasteiger partial charge is 0.464 e. The lowest BCUT2D eigenvalue weighted by Crippen LogP contribution is -2.51. The molecule has 0 saturated heterocycles. The van der Waals surface area contributed by atoms with Gasteiger partial charge in [-0.2, -0.15) is 0 Å². The van der Waals surface area contributed by atoms with E-state index in [-0.39, 0.29) is 11.4 Å². The zero-order valence-corrected chi connectivity index (χ0v) is 13.8. The van der Waals surface area contributed by atoms with Crippen molar-refractivity contribution >= 4 is 23.3 Å². The van der Waals surface area contributed by atoms with E-state index in [1.54, 1.807) is 0 Å². The van der Waals surface area contributed by atoms with Crippen LogP contribution in [-0.2, 0) is 9.53 Å². The number of anilines is 1. The topological polar surface area (TPSA) is 38.3 Å². The standard InChI is InChI=1S/C17H24ClNO2/c1-4-21-15(20)17(10-8-16(2,3)9-11-17)19-14-7-5-6-13(18)12-14/h5-7,12,19H,4,8-11H2,1-3H3. The van der Waals surface area contributed by atoms with E-state index in [2.05, 4.69) is 19.2 Å². The maximum atomic E-state index is 12.5. The summed E-state index contributed by atoms with van der Waals surface area (Å²) in [5.41, 5.74) is 0.526.